The molecule has 1 aliphatic rings. The number of sulfone groups is 1. The Kier molecular flexibility index (Phi) is 6.59. The van der Waals surface area contributed by atoms with Crippen molar-refractivity contribution in [3.8, 4) is 0 Å². The Balaban J connectivity index is 1.69. The number of amides is 1. The third-order valence-corrected chi connectivity index (χ3v) is 6.04. The average molecular weight is 338 g/mol. The highest BCUT2D eigenvalue weighted by atomic mass is 32.2. The van der Waals surface area contributed by atoms with Crippen LogP contribution in [0.5, 0.6) is 0 Å². The Morgan fingerprint density at radius 2 is 2.04 bits per heavy atom. The number of rotatable bonds is 8. The van der Waals surface area contributed by atoms with Gasteiger partial charge >= 0.3 is 0 Å². The van der Waals surface area contributed by atoms with Crippen molar-refractivity contribution < 1.29 is 13.2 Å². The lowest BCUT2D eigenvalue weighted by molar-refractivity contribution is -0.122. The van der Waals surface area contributed by atoms with Crippen LogP contribution in [0.1, 0.15) is 25.3 Å². The van der Waals surface area contributed by atoms with Gasteiger partial charge in [-0.3, -0.25) is 9.69 Å². The maximum Gasteiger partial charge on any atom is 0.234 e. The minimum absolute atomic E-state index is 0.0138. The lowest BCUT2D eigenvalue weighted by Gasteiger charge is -2.25. The molecule has 6 heteroatoms. The first-order valence-electron chi connectivity index (χ1n) is 8.25. The Morgan fingerprint density at radius 3 is 2.65 bits per heavy atom. The standard InChI is InChI=1S/C17H26N2O3S/c1-2-19(16-10-12-23(21,22)14-16)13-17(20)18-11-6-9-15-7-4-3-5-8-15/h3-5,7-8,16H,2,6,9-14H2,1H3,(H,18,20). The number of nitrogens with zero attached hydrogens (tertiary/aromatic N) is 1. The van der Waals surface area contributed by atoms with Gasteiger partial charge in [0.15, 0.2) is 9.84 Å². The highest BCUT2D eigenvalue weighted by Gasteiger charge is 2.32. The molecule has 1 fully saturated rings. The first-order valence-corrected chi connectivity index (χ1v) is 10.1. The molecule has 0 spiro atoms. The van der Waals surface area contributed by atoms with Crippen LogP contribution in [0.2, 0.25) is 0 Å². The summed E-state index contributed by atoms with van der Waals surface area (Å²) in [6.45, 7) is 3.58. The first-order chi connectivity index (χ1) is 11.0. The molecule has 0 aliphatic carbocycles. The normalized spacial score (nSPS) is 19.8. The quantitative estimate of drug-likeness (QED) is 0.725. The van der Waals surface area contributed by atoms with E-state index in [1.165, 1.54) is 5.56 Å². The predicted octanol–water partition coefficient (Wildman–Crippen LogP) is 1.24. The first kappa shape index (κ1) is 17.9. The Bertz CT molecular complexity index is 602. The molecule has 0 saturated carbocycles. The lowest BCUT2D eigenvalue weighted by atomic mass is 10.1. The highest BCUT2D eigenvalue weighted by molar-refractivity contribution is 7.91. The summed E-state index contributed by atoms with van der Waals surface area (Å²) >= 11 is 0. The molecule has 1 saturated heterocycles. The van der Waals surface area contributed by atoms with E-state index in [4.69, 9.17) is 0 Å². The molecule has 1 atom stereocenters. The summed E-state index contributed by atoms with van der Waals surface area (Å²) in [5.74, 6) is 0.402. The number of carbonyl (C=O) groups is 1. The summed E-state index contributed by atoms with van der Waals surface area (Å²) in [7, 11) is -2.91. The molecule has 5 nitrogen and oxygen atoms in total. The minimum atomic E-state index is -2.91. The van der Waals surface area contributed by atoms with Gasteiger partial charge in [-0.1, -0.05) is 37.3 Å². The molecule has 1 aromatic carbocycles. The van der Waals surface area contributed by atoms with Crippen LogP contribution in [0.4, 0.5) is 0 Å². The average Bonchev–Trinajstić information content (AvgIpc) is 2.90. The Hall–Kier alpha value is -1.40. The summed E-state index contributed by atoms with van der Waals surface area (Å²) in [6.07, 6.45) is 2.48. The molecule has 128 valence electrons. The summed E-state index contributed by atoms with van der Waals surface area (Å²) in [5, 5.41) is 2.93. The molecule has 1 aromatic rings. The van der Waals surface area contributed by atoms with Crippen LogP contribution in [0.15, 0.2) is 30.3 Å². The van der Waals surface area contributed by atoms with Gasteiger partial charge in [0.2, 0.25) is 5.91 Å². The van der Waals surface area contributed by atoms with Crippen molar-refractivity contribution in [2.24, 2.45) is 0 Å². The van der Waals surface area contributed by atoms with Gasteiger partial charge in [-0.15, -0.1) is 0 Å². The largest absolute Gasteiger partial charge is 0.355 e. The zero-order valence-electron chi connectivity index (χ0n) is 13.7. The van der Waals surface area contributed by atoms with Crippen molar-refractivity contribution in [3.63, 3.8) is 0 Å². The maximum atomic E-state index is 12.0. The number of likely N-dealkylation sites (N-methyl/N-ethyl adjacent to an activating group) is 1. The third kappa shape index (κ3) is 5.95. The van der Waals surface area contributed by atoms with E-state index in [-0.39, 0.29) is 30.0 Å². The molecule has 1 heterocycles. The van der Waals surface area contributed by atoms with Crippen molar-refractivity contribution in [2.75, 3.05) is 31.1 Å². The molecule has 23 heavy (non-hydrogen) atoms. The fourth-order valence-electron chi connectivity index (χ4n) is 2.97. The SMILES string of the molecule is CCN(CC(=O)NCCCc1ccccc1)C1CCS(=O)(=O)C1. The number of aryl methyl sites for hydroxylation is 1. The van der Waals surface area contributed by atoms with E-state index in [0.717, 1.165) is 12.8 Å². The molecule has 0 radical (unpaired) electrons. The zero-order chi connectivity index (χ0) is 16.7. The van der Waals surface area contributed by atoms with E-state index >= 15 is 0 Å². The fraction of sp³-hybridized carbons (Fsp3) is 0.588. The van der Waals surface area contributed by atoms with Gasteiger partial charge in [0.05, 0.1) is 18.1 Å². The molecular weight excluding hydrogens is 312 g/mol. The van der Waals surface area contributed by atoms with Crippen LogP contribution >= 0.6 is 0 Å². The number of benzene rings is 1. The second kappa shape index (κ2) is 8.45. The number of nitrogens with one attached hydrogen (secondary N) is 1. The smallest absolute Gasteiger partial charge is 0.234 e. The zero-order valence-corrected chi connectivity index (χ0v) is 14.5. The number of hydrogen-bond acceptors (Lipinski definition) is 4. The van der Waals surface area contributed by atoms with Crippen molar-refractivity contribution in [3.05, 3.63) is 35.9 Å². The van der Waals surface area contributed by atoms with Crippen LogP contribution in [-0.4, -0.2) is 56.4 Å². The van der Waals surface area contributed by atoms with Crippen LogP contribution < -0.4 is 5.32 Å². The topological polar surface area (TPSA) is 66.5 Å². The summed E-state index contributed by atoms with van der Waals surface area (Å²) in [6, 6.07) is 10.2. The summed E-state index contributed by atoms with van der Waals surface area (Å²) in [4.78, 5) is 14.0. The van der Waals surface area contributed by atoms with Gasteiger partial charge in [0, 0.05) is 12.6 Å². The molecule has 0 aromatic heterocycles. The second-order valence-electron chi connectivity index (χ2n) is 6.06. The highest BCUT2D eigenvalue weighted by Crippen LogP contribution is 2.17. The van der Waals surface area contributed by atoms with Gasteiger partial charge in [-0.2, -0.15) is 0 Å². The van der Waals surface area contributed by atoms with Crippen LogP contribution in [0.3, 0.4) is 0 Å². The predicted molar refractivity (Wildman–Crippen MR) is 92.1 cm³/mol. The van der Waals surface area contributed by atoms with Crippen molar-refractivity contribution in [1.82, 2.24) is 10.2 Å². The van der Waals surface area contributed by atoms with Gasteiger partial charge in [0.25, 0.3) is 0 Å². The molecule has 1 unspecified atom stereocenters. The van der Waals surface area contributed by atoms with Crippen LogP contribution in [0.25, 0.3) is 0 Å². The molecule has 1 N–H and O–H groups in total. The summed E-state index contributed by atoms with van der Waals surface area (Å²) in [5.41, 5.74) is 1.27. The van der Waals surface area contributed by atoms with E-state index in [9.17, 15) is 13.2 Å². The van der Waals surface area contributed by atoms with Crippen molar-refractivity contribution in [1.29, 1.82) is 0 Å². The summed E-state index contributed by atoms with van der Waals surface area (Å²) < 4.78 is 23.1. The van der Waals surface area contributed by atoms with Gasteiger partial charge in [0.1, 0.15) is 0 Å². The van der Waals surface area contributed by atoms with E-state index in [2.05, 4.69) is 17.4 Å². The Morgan fingerprint density at radius 1 is 1.30 bits per heavy atom. The van der Waals surface area contributed by atoms with Gasteiger partial charge in [-0.25, -0.2) is 8.42 Å². The van der Waals surface area contributed by atoms with E-state index < -0.39 is 9.84 Å². The maximum absolute atomic E-state index is 12.0. The van der Waals surface area contributed by atoms with Crippen molar-refractivity contribution >= 4 is 15.7 Å². The minimum Gasteiger partial charge on any atom is -0.355 e. The third-order valence-electron chi connectivity index (χ3n) is 4.28. The van der Waals surface area contributed by atoms with Crippen LogP contribution in [-0.2, 0) is 21.1 Å². The Labute approximate surface area is 139 Å². The van der Waals surface area contributed by atoms with Crippen molar-refractivity contribution in [2.45, 2.75) is 32.2 Å². The second-order valence-corrected chi connectivity index (χ2v) is 8.29. The van der Waals surface area contributed by atoms with E-state index in [0.29, 0.717) is 19.5 Å². The monoisotopic (exact) mass is 338 g/mol. The number of hydrogen-bond donors (Lipinski definition) is 1. The molecule has 1 aliphatic heterocycles. The molecule has 1 amide bonds. The number of carbonyl (C=O) groups excluding carboxylic acids is 1. The molecular formula is C17H26N2O3S. The van der Waals surface area contributed by atoms with Gasteiger partial charge < -0.3 is 5.32 Å². The van der Waals surface area contributed by atoms with E-state index in [1.807, 2.05) is 30.0 Å². The van der Waals surface area contributed by atoms with Crippen LogP contribution in [0, 0.1) is 0 Å². The fourth-order valence-corrected chi connectivity index (χ4v) is 4.73. The lowest BCUT2D eigenvalue weighted by Crippen LogP contribution is -2.43. The van der Waals surface area contributed by atoms with Gasteiger partial charge in [-0.05, 0) is 31.4 Å². The molecule has 0 bridgehead atoms. The van der Waals surface area contributed by atoms with E-state index in [1.54, 1.807) is 0 Å². The molecule has 2 rings (SSSR count).